The van der Waals surface area contributed by atoms with Crippen LogP contribution in [0.15, 0.2) is 0 Å². The van der Waals surface area contributed by atoms with Gasteiger partial charge in [-0.2, -0.15) is 0 Å². The third-order valence-corrected chi connectivity index (χ3v) is 4.57. The van der Waals surface area contributed by atoms with Gasteiger partial charge in [-0.05, 0) is 31.6 Å². The molecule has 1 aliphatic heterocycles. The predicted molar refractivity (Wildman–Crippen MR) is 80.9 cm³/mol. The molecular weight excluding hydrogens is 236 g/mol. The van der Waals surface area contributed by atoms with Crippen LogP contribution in [0.3, 0.4) is 0 Å². The Kier molecular flexibility index (Phi) is 6.84. The molecule has 0 aromatic heterocycles. The molecule has 1 fully saturated rings. The van der Waals surface area contributed by atoms with Gasteiger partial charge in [0, 0.05) is 19.6 Å². The highest BCUT2D eigenvalue weighted by Crippen LogP contribution is 2.33. The molecule has 1 rings (SSSR count). The van der Waals surface area contributed by atoms with Crippen molar-refractivity contribution < 1.29 is 4.79 Å². The zero-order valence-electron chi connectivity index (χ0n) is 13.1. The van der Waals surface area contributed by atoms with E-state index >= 15 is 0 Å². The van der Waals surface area contributed by atoms with E-state index in [1.54, 1.807) is 0 Å². The van der Waals surface area contributed by atoms with E-state index in [0.29, 0.717) is 18.4 Å². The Bertz CT molecular complexity index is 272. The molecule has 1 atom stereocenters. The first kappa shape index (κ1) is 16.5. The average Bonchev–Trinajstić information content (AvgIpc) is 2.86. The first-order chi connectivity index (χ1) is 9.13. The molecule has 2 N–H and O–H groups in total. The topological polar surface area (TPSA) is 46.3 Å². The molecular formula is C16H32N2O. The summed E-state index contributed by atoms with van der Waals surface area (Å²) in [7, 11) is 0. The number of hydrogen-bond acceptors (Lipinski definition) is 2. The number of nitrogens with two attached hydrogens (primary N) is 1. The summed E-state index contributed by atoms with van der Waals surface area (Å²) in [5, 5.41) is 0. The van der Waals surface area contributed by atoms with Gasteiger partial charge < -0.3 is 10.6 Å². The van der Waals surface area contributed by atoms with E-state index in [4.69, 9.17) is 5.73 Å². The van der Waals surface area contributed by atoms with E-state index in [1.807, 2.05) is 0 Å². The van der Waals surface area contributed by atoms with Crippen molar-refractivity contribution in [1.29, 1.82) is 0 Å². The highest BCUT2D eigenvalue weighted by atomic mass is 16.2. The van der Waals surface area contributed by atoms with Crippen LogP contribution < -0.4 is 5.73 Å². The minimum Gasteiger partial charge on any atom is -0.342 e. The fourth-order valence-electron chi connectivity index (χ4n) is 3.58. The van der Waals surface area contributed by atoms with Gasteiger partial charge in [0.15, 0.2) is 0 Å². The normalized spacial score (nSPS) is 20.0. The molecule has 0 aromatic rings. The highest BCUT2D eigenvalue weighted by Gasteiger charge is 2.40. The van der Waals surface area contributed by atoms with E-state index in [-0.39, 0.29) is 5.41 Å². The molecule has 19 heavy (non-hydrogen) atoms. The number of likely N-dealkylation sites (tertiary alicyclic amines) is 1. The van der Waals surface area contributed by atoms with Gasteiger partial charge in [-0.15, -0.1) is 0 Å². The second kappa shape index (κ2) is 7.88. The van der Waals surface area contributed by atoms with Crippen LogP contribution in [0.1, 0.15) is 65.7 Å². The minimum atomic E-state index is -0.287. The SMILES string of the molecule is CCCC1CCN(C(=O)C(CN)(CCC)CCC)C1. The van der Waals surface area contributed by atoms with Gasteiger partial charge in [0.05, 0.1) is 5.41 Å². The molecule has 0 bridgehead atoms. The largest absolute Gasteiger partial charge is 0.342 e. The summed E-state index contributed by atoms with van der Waals surface area (Å²) in [6, 6.07) is 0. The van der Waals surface area contributed by atoms with Crippen LogP contribution in [0.5, 0.6) is 0 Å². The summed E-state index contributed by atoms with van der Waals surface area (Å²) in [6.07, 6.45) is 7.60. The lowest BCUT2D eigenvalue weighted by molar-refractivity contribution is -0.141. The highest BCUT2D eigenvalue weighted by molar-refractivity contribution is 5.83. The van der Waals surface area contributed by atoms with Crippen molar-refractivity contribution in [3.63, 3.8) is 0 Å². The van der Waals surface area contributed by atoms with Crippen molar-refractivity contribution in [2.45, 2.75) is 65.7 Å². The standard InChI is InChI=1S/C16H32N2O/c1-4-7-14-8-11-18(12-14)15(19)16(13-17,9-5-2)10-6-3/h14H,4-13,17H2,1-3H3. The molecule has 112 valence electrons. The quantitative estimate of drug-likeness (QED) is 0.735. The Labute approximate surface area is 118 Å². The molecule has 0 aromatic carbocycles. The van der Waals surface area contributed by atoms with E-state index in [1.165, 1.54) is 19.3 Å². The van der Waals surface area contributed by atoms with Gasteiger partial charge in [-0.1, -0.05) is 40.0 Å². The summed E-state index contributed by atoms with van der Waals surface area (Å²) in [6.45, 7) is 8.93. The van der Waals surface area contributed by atoms with Crippen molar-refractivity contribution in [2.24, 2.45) is 17.1 Å². The number of amides is 1. The first-order valence-electron chi connectivity index (χ1n) is 8.13. The second-order valence-corrected chi connectivity index (χ2v) is 6.18. The predicted octanol–water partition coefficient (Wildman–Crippen LogP) is 3.18. The molecule has 0 spiro atoms. The van der Waals surface area contributed by atoms with Crippen LogP contribution in [-0.2, 0) is 4.79 Å². The third-order valence-electron chi connectivity index (χ3n) is 4.57. The van der Waals surface area contributed by atoms with Crippen LogP contribution in [0.25, 0.3) is 0 Å². The lowest BCUT2D eigenvalue weighted by Gasteiger charge is -2.35. The summed E-state index contributed by atoms with van der Waals surface area (Å²) in [4.78, 5) is 15.0. The van der Waals surface area contributed by atoms with Gasteiger partial charge in [0.2, 0.25) is 5.91 Å². The number of carbonyl (C=O) groups is 1. The molecule has 1 amide bonds. The van der Waals surface area contributed by atoms with Gasteiger partial charge in [0.1, 0.15) is 0 Å². The lowest BCUT2D eigenvalue weighted by Crippen LogP contribution is -2.47. The molecule has 1 heterocycles. The molecule has 0 aliphatic carbocycles. The molecule has 1 unspecified atom stereocenters. The van der Waals surface area contributed by atoms with E-state index in [9.17, 15) is 4.79 Å². The third kappa shape index (κ3) is 3.95. The first-order valence-corrected chi connectivity index (χ1v) is 8.13. The average molecular weight is 268 g/mol. The van der Waals surface area contributed by atoms with Crippen LogP contribution in [0.2, 0.25) is 0 Å². The van der Waals surface area contributed by atoms with E-state index in [0.717, 1.165) is 38.8 Å². The Morgan fingerprint density at radius 1 is 1.21 bits per heavy atom. The summed E-state index contributed by atoms with van der Waals surface area (Å²) in [5.74, 6) is 1.05. The summed E-state index contributed by atoms with van der Waals surface area (Å²) >= 11 is 0. The van der Waals surface area contributed by atoms with Crippen LogP contribution >= 0.6 is 0 Å². The Hall–Kier alpha value is -0.570. The van der Waals surface area contributed by atoms with Crippen molar-refractivity contribution in [3.05, 3.63) is 0 Å². The van der Waals surface area contributed by atoms with Crippen molar-refractivity contribution in [3.8, 4) is 0 Å². The monoisotopic (exact) mass is 268 g/mol. The van der Waals surface area contributed by atoms with Crippen LogP contribution in [0, 0.1) is 11.3 Å². The second-order valence-electron chi connectivity index (χ2n) is 6.18. The summed E-state index contributed by atoms with van der Waals surface area (Å²) in [5.41, 5.74) is 5.71. The molecule has 0 radical (unpaired) electrons. The minimum absolute atomic E-state index is 0.287. The summed E-state index contributed by atoms with van der Waals surface area (Å²) < 4.78 is 0. The van der Waals surface area contributed by atoms with E-state index < -0.39 is 0 Å². The van der Waals surface area contributed by atoms with Crippen molar-refractivity contribution >= 4 is 5.91 Å². The number of carbonyl (C=O) groups excluding carboxylic acids is 1. The zero-order chi connectivity index (χ0) is 14.3. The van der Waals surface area contributed by atoms with Crippen LogP contribution in [-0.4, -0.2) is 30.4 Å². The molecule has 1 aliphatic rings. The maximum Gasteiger partial charge on any atom is 0.230 e. The Balaban J connectivity index is 2.71. The van der Waals surface area contributed by atoms with E-state index in [2.05, 4.69) is 25.7 Å². The van der Waals surface area contributed by atoms with Crippen molar-refractivity contribution in [1.82, 2.24) is 4.90 Å². The number of hydrogen-bond donors (Lipinski definition) is 1. The van der Waals surface area contributed by atoms with Gasteiger partial charge in [-0.25, -0.2) is 0 Å². The fourth-order valence-corrected chi connectivity index (χ4v) is 3.58. The maximum atomic E-state index is 12.9. The Morgan fingerprint density at radius 3 is 2.32 bits per heavy atom. The molecule has 0 saturated carbocycles. The zero-order valence-corrected chi connectivity index (χ0v) is 13.1. The van der Waals surface area contributed by atoms with Gasteiger partial charge in [0.25, 0.3) is 0 Å². The fraction of sp³-hybridized carbons (Fsp3) is 0.938. The van der Waals surface area contributed by atoms with Gasteiger partial charge >= 0.3 is 0 Å². The molecule has 3 heteroatoms. The maximum absolute atomic E-state index is 12.9. The lowest BCUT2D eigenvalue weighted by atomic mass is 9.78. The Morgan fingerprint density at radius 2 is 1.84 bits per heavy atom. The molecule has 3 nitrogen and oxygen atoms in total. The number of nitrogens with zero attached hydrogens (tertiary/aromatic N) is 1. The van der Waals surface area contributed by atoms with Crippen molar-refractivity contribution in [2.75, 3.05) is 19.6 Å². The number of rotatable bonds is 8. The smallest absolute Gasteiger partial charge is 0.230 e. The molecule has 1 saturated heterocycles. The van der Waals surface area contributed by atoms with Crippen LogP contribution in [0.4, 0.5) is 0 Å². The van der Waals surface area contributed by atoms with Gasteiger partial charge in [-0.3, -0.25) is 4.79 Å².